The molecule has 1 aromatic carbocycles. The SMILES string of the molecule is I.c1ccc2oc(CN=C(NC3CC3)N3CCCC3)cc2c1. The van der Waals surface area contributed by atoms with Crippen LogP contribution in [-0.4, -0.2) is 30.0 Å². The van der Waals surface area contributed by atoms with Crippen LogP contribution in [0.15, 0.2) is 39.7 Å². The van der Waals surface area contributed by atoms with Gasteiger partial charge >= 0.3 is 0 Å². The van der Waals surface area contributed by atoms with E-state index in [2.05, 4.69) is 22.3 Å². The average molecular weight is 411 g/mol. The highest BCUT2D eigenvalue weighted by Crippen LogP contribution is 2.21. The van der Waals surface area contributed by atoms with Gasteiger partial charge in [0.05, 0.1) is 0 Å². The fourth-order valence-electron chi connectivity index (χ4n) is 2.84. The van der Waals surface area contributed by atoms with Gasteiger partial charge < -0.3 is 14.6 Å². The number of hydrogen-bond acceptors (Lipinski definition) is 2. The molecule has 22 heavy (non-hydrogen) atoms. The van der Waals surface area contributed by atoms with Crippen molar-refractivity contribution in [2.45, 2.75) is 38.3 Å². The summed E-state index contributed by atoms with van der Waals surface area (Å²) >= 11 is 0. The Bertz CT molecular complexity index is 624. The van der Waals surface area contributed by atoms with Crippen molar-refractivity contribution in [2.75, 3.05) is 13.1 Å². The quantitative estimate of drug-likeness (QED) is 0.475. The summed E-state index contributed by atoms with van der Waals surface area (Å²) < 4.78 is 5.85. The number of benzene rings is 1. The Kier molecular flexibility index (Phi) is 4.90. The molecule has 4 rings (SSSR count). The molecule has 2 fully saturated rings. The third-order valence-electron chi connectivity index (χ3n) is 4.18. The van der Waals surface area contributed by atoms with Crippen molar-refractivity contribution in [3.8, 4) is 0 Å². The monoisotopic (exact) mass is 411 g/mol. The third kappa shape index (κ3) is 3.56. The van der Waals surface area contributed by atoms with Gasteiger partial charge in [-0.2, -0.15) is 0 Å². The summed E-state index contributed by atoms with van der Waals surface area (Å²) in [5.74, 6) is 2.00. The van der Waals surface area contributed by atoms with Gasteiger partial charge in [-0.15, -0.1) is 24.0 Å². The maximum atomic E-state index is 5.85. The van der Waals surface area contributed by atoms with Crippen LogP contribution in [0, 0.1) is 0 Å². The lowest BCUT2D eigenvalue weighted by Crippen LogP contribution is -2.40. The van der Waals surface area contributed by atoms with Gasteiger partial charge in [0.15, 0.2) is 5.96 Å². The van der Waals surface area contributed by atoms with E-state index in [4.69, 9.17) is 9.41 Å². The molecular weight excluding hydrogens is 389 g/mol. The molecule has 1 aliphatic carbocycles. The Balaban J connectivity index is 0.00000144. The van der Waals surface area contributed by atoms with Crippen molar-refractivity contribution < 1.29 is 4.42 Å². The largest absolute Gasteiger partial charge is 0.459 e. The number of likely N-dealkylation sites (tertiary alicyclic amines) is 1. The zero-order chi connectivity index (χ0) is 14.1. The molecule has 1 aliphatic heterocycles. The van der Waals surface area contributed by atoms with Crippen LogP contribution in [0.2, 0.25) is 0 Å². The highest BCUT2D eigenvalue weighted by molar-refractivity contribution is 14.0. The van der Waals surface area contributed by atoms with E-state index in [0.717, 1.165) is 35.8 Å². The number of guanidine groups is 1. The average Bonchev–Trinajstić information content (AvgIpc) is 3.03. The van der Waals surface area contributed by atoms with E-state index in [1.54, 1.807) is 0 Å². The first kappa shape index (κ1) is 15.6. The number of rotatable bonds is 3. The predicted molar refractivity (Wildman–Crippen MR) is 99.7 cm³/mol. The molecule has 2 heterocycles. The van der Waals surface area contributed by atoms with Crippen LogP contribution in [0.5, 0.6) is 0 Å². The molecule has 0 amide bonds. The molecule has 0 bridgehead atoms. The van der Waals surface area contributed by atoms with Crippen LogP contribution < -0.4 is 5.32 Å². The first-order chi connectivity index (χ1) is 10.4. The second kappa shape index (κ2) is 6.89. The Morgan fingerprint density at radius 3 is 2.73 bits per heavy atom. The molecule has 118 valence electrons. The molecule has 0 atom stereocenters. The van der Waals surface area contributed by atoms with Crippen LogP contribution in [0.4, 0.5) is 0 Å². The fraction of sp³-hybridized carbons (Fsp3) is 0.471. The summed E-state index contributed by atoms with van der Waals surface area (Å²) in [7, 11) is 0. The Hall–Kier alpha value is -1.24. The second-order valence-corrected chi connectivity index (χ2v) is 6.00. The van der Waals surface area contributed by atoms with Gasteiger partial charge in [0.25, 0.3) is 0 Å². The number of furan rings is 1. The highest BCUT2D eigenvalue weighted by atomic mass is 127. The molecule has 1 saturated carbocycles. The Morgan fingerprint density at radius 2 is 2.00 bits per heavy atom. The molecule has 1 saturated heterocycles. The van der Waals surface area contributed by atoms with Crippen molar-refractivity contribution in [1.82, 2.24) is 10.2 Å². The van der Waals surface area contributed by atoms with Crippen molar-refractivity contribution in [2.24, 2.45) is 4.99 Å². The Morgan fingerprint density at radius 1 is 1.23 bits per heavy atom. The fourth-order valence-corrected chi connectivity index (χ4v) is 2.84. The first-order valence-corrected chi connectivity index (χ1v) is 7.92. The number of halogens is 1. The van der Waals surface area contributed by atoms with E-state index in [0.29, 0.717) is 12.6 Å². The molecule has 2 aliphatic rings. The maximum absolute atomic E-state index is 5.85. The van der Waals surface area contributed by atoms with Gasteiger partial charge in [-0.1, -0.05) is 18.2 Å². The zero-order valence-electron chi connectivity index (χ0n) is 12.6. The van der Waals surface area contributed by atoms with Gasteiger partial charge in [0.2, 0.25) is 0 Å². The molecule has 0 radical (unpaired) electrons. The van der Waals surface area contributed by atoms with Gasteiger partial charge in [-0.25, -0.2) is 4.99 Å². The van der Waals surface area contributed by atoms with Crippen LogP contribution in [0.3, 0.4) is 0 Å². The van der Waals surface area contributed by atoms with Crippen LogP contribution in [0.1, 0.15) is 31.4 Å². The van der Waals surface area contributed by atoms with E-state index >= 15 is 0 Å². The van der Waals surface area contributed by atoms with Crippen LogP contribution >= 0.6 is 24.0 Å². The van der Waals surface area contributed by atoms with Gasteiger partial charge in [-0.05, 0) is 37.8 Å². The number of hydrogen-bond donors (Lipinski definition) is 1. The number of para-hydroxylation sites is 1. The van der Waals surface area contributed by atoms with Crippen LogP contribution in [-0.2, 0) is 6.54 Å². The standard InChI is InChI=1S/C17H21N3O.HI/c1-2-6-16-13(5-1)11-15(21-16)12-18-17(19-14-7-8-14)20-9-3-4-10-20;/h1-2,5-6,11,14H,3-4,7-10,12H2,(H,18,19);1H. The van der Waals surface area contributed by atoms with Gasteiger partial charge in [-0.3, -0.25) is 0 Å². The van der Waals surface area contributed by atoms with Gasteiger partial charge in [0.1, 0.15) is 17.9 Å². The summed E-state index contributed by atoms with van der Waals surface area (Å²) in [6.07, 6.45) is 5.10. The molecule has 2 aromatic rings. The van der Waals surface area contributed by atoms with E-state index in [1.807, 2.05) is 18.2 Å². The Labute approximate surface area is 148 Å². The number of fused-ring (bicyclic) bond motifs is 1. The number of nitrogens with zero attached hydrogens (tertiary/aromatic N) is 2. The lowest BCUT2D eigenvalue weighted by Gasteiger charge is -2.21. The molecular formula is C17H22IN3O. The smallest absolute Gasteiger partial charge is 0.194 e. The predicted octanol–water partition coefficient (Wildman–Crippen LogP) is 3.75. The first-order valence-electron chi connectivity index (χ1n) is 7.92. The lowest BCUT2D eigenvalue weighted by molar-refractivity contribution is 0.486. The maximum Gasteiger partial charge on any atom is 0.194 e. The van der Waals surface area contributed by atoms with Crippen molar-refractivity contribution in [3.05, 3.63) is 36.1 Å². The summed E-state index contributed by atoms with van der Waals surface area (Å²) in [5, 5.41) is 4.72. The summed E-state index contributed by atoms with van der Waals surface area (Å²) in [5.41, 5.74) is 0.945. The lowest BCUT2D eigenvalue weighted by atomic mass is 10.2. The number of aliphatic imine (C=N–C) groups is 1. The molecule has 0 unspecified atom stereocenters. The summed E-state index contributed by atoms with van der Waals surface area (Å²) in [6, 6.07) is 10.9. The van der Waals surface area contributed by atoms with Gasteiger partial charge in [0, 0.05) is 24.5 Å². The minimum absolute atomic E-state index is 0. The molecule has 0 spiro atoms. The van der Waals surface area contributed by atoms with Crippen LogP contribution in [0.25, 0.3) is 11.0 Å². The third-order valence-corrected chi connectivity index (χ3v) is 4.18. The molecule has 4 nitrogen and oxygen atoms in total. The van der Waals surface area contributed by atoms with E-state index in [1.165, 1.54) is 25.7 Å². The van der Waals surface area contributed by atoms with Crippen molar-refractivity contribution in [1.29, 1.82) is 0 Å². The second-order valence-electron chi connectivity index (χ2n) is 6.00. The number of nitrogens with one attached hydrogen (secondary N) is 1. The topological polar surface area (TPSA) is 40.8 Å². The van der Waals surface area contributed by atoms with E-state index in [9.17, 15) is 0 Å². The van der Waals surface area contributed by atoms with E-state index < -0.39 is 0 Å². The minimum atomic E-state index is 0. The molecule has 1 aromatic heterocycles. The van der Waals surface area contributed by atoms with Crippen molar-refractivity contribution >= 4 is 40.9 Å². The molecule has 5 heteroatoms. The minimum Gasteiger partial charge on any atom is -0.459 e. The normalized spacial score (nSPS) is 18.5. The summed E-state index contributed by atoms with van der Waals surface area (Å²) in [4.78, 5) is 7.17. The van der Waals surface area contributed by atoms with Crippen molar-refractivity contribution in [3.63, 3.8) is 0 Å². The zero-order valence-corrected chi connectivity index (χ0v) is 15.0. The highest BCUT2D eigenvalue weighted by Gasteiger charge is 2.25. The van der Waals surface area contributed by atoms with E-state index in [-0.39, 0.29) is 24.0 Å². The molecule has 1 N–H and O–H groups in total. The summed E-state index contributed by atoms with van der Waals surface area (Å²) in [6.45, 7) is 2.86.